The van der Waals surface area contributed by atoms with E-state index in [1.807, 2.05) is 31.2 Å². The molecular weight excluding hydrogens is 270 g/mol. The average molecular weight is 285 g/mol. The smallest absolute Gasteiger partial charge is 0.252 e. The van der Waals surface area contributed by atoms with Crippen LogP contribution in [0, 0.1) is 6.92 Å². The number of rotatable bonds is 4. The fourth-order valence-electron chi connectivity index (χ4n) is 2.12. The summed E-state index contributed by atoms with van der Waals surface area (Å²) in [5, 5.41) is 4.95. The summed E-state index contributed by atoms with van der Waals surface area (Å²) in [5.74, 6) is 1.32. The Morgan fingerprint density at radius 1 is 1.14 bits per heavy atom. The molecule has 21 heavy (non-hydrogen) atoms. The number of hydrogen-bond acceptors (Lipinski definition) is 6. The maximum atomic E-state index is 5.35. The molecule has 0 unspecified atom stereocenters. The first kappa shape index (κ1) is 13.5. The number of pyridine rings is 1. The lowest BCUT2D eigenvalue weighted by Crippen LogP contribution is -1.95. The van der Waals surface area contributed by atoms with Crippen molar-refractivity contribution in [2.75, 3.05) is 14.2 Å². The highest BCUT2D eigenvalue weighted by Gasteiger charge is 2.16. The molecule has 0 N–H and O–H groups in total. The Hall–Kier alpha value is -2.47. The van der Waals surface area contributed by atoms with Gasteiger partial charge in [-0.3, -0.25) is 0 Å². The van der Waals surface area contributed by atoms with Crippen LogP contribution in [0.2, 0.25) is 0 Å². The van der Waals surface area contributed by atoms with E-state index in [0.29, 0.717) is 23.2 Å². The predicted molar refractivity (Wildman–Crippen MR) is 77.0 cm³/mol. The van der Waals surface area contributed by atoms with Crippen molar-refractivity contribution in [3.05, 3.63) is 35.7 Å². The van der Waals surface area contributed by atoms with E-state index in [-0.39, 0.29) is 6.61 Å². The minimum absolute atomic E-state index is 0.273. The summed E-state index contributed by atoms with van der Waals surface area (Å²) in [7, 11) is 3.15. The molecule has 0 radical (unpaired) electrons. The van der Waals surface area contributed by atoms with E-state index in [4.69, 9.17) is 14.0 Å². The minimum Gasteiger partial charge on any atom is -0.480 e. The van der Waals surface area contributed by atoms with Crippen LogP contribution in [-0.4, -0.2) is 29.3 Å². The van der Waals surface area contributed by atoms with Crippen LogP contribution in [-0.2, 0) is 11.3 Å². The Balaban J connectivity index is 2.13. The van der Waals surface area contributed by atoms with E-state index in [0.717, 1.165) is 16.5 Å². The first-order valence-electron chi connectivity index (χ1n) is 6.48. The summed E-state index contributed by atoms with van der Waals surface area (Å²) in [4.78, 5) is 8.79. The minimum atomic E-state index is 0.273. The molecule has 1 aromatic carbocycles. The molecule has 3 aromatic rings. The van der Waals surface area contributed by atoms with Gasteiger partial charge in [-0.25, -0.2) is 4.98 Å². The van der Waals surface area contributed by atoms with Crippen molar-refractivity contribution in [1.29, 1.82) is 0 Å². The number of fused-ring (bicyclic) bond motifs is 1. The molecule has 6 nitrogen and oxygen atoms in total. The van der Waals surface area contributed by atoms with Crippen molar-refractivity contribution in [3.63, 3.8) is 0 Å². The molecule has 6 heteroatoms. The maximum absolute atomic E-state index is 5.35. The fraction of sp³-hybridized carbons (Fsp3) is 0.267. The Morgan fingerprint density at radius 2 is 2.00 bits per heavy atom. The highest BCUT2D eigenvalue weighted by Crippen LogP contribution is 2.30. The van der Waals surface area contributed by atoms with Gasteiger partial charge in [-0.15, -0.1) is 0 Å². The van der Waals surface area contributed by atoms with Gasteiger partial charge in [0.05, 0.1) is 18.2 Å². The van der Waals surface area contributed by atoms with E-state index in [1.165, 1.54) is 0 Å². The lowest BCUT2D eigenvalue weighted by atomic mass is 10.1. The third-order valence-corrected chi connectivity index (χ3v) is 3.11. The summed E-state index contributed by atoms with van der Waals surface area (Å²) in [5.41, 5.74) is 2.71. The molecule has 0 atom stereocenters. The predicted octanol–water partition coefficient (Wildman–Crippen LogP) is 2.75. The molecule has 2 aromatic heterocycles. The normalized spacial score (nSPS) is 11.0. The molecular formula is C15H15N3O3. The van der Waals surface area contributed by atoms with E-state index in [9.17, 15) is 0 Å². The molecule has 0 spiro atoms. The zero-order valence-electron chi connectivity index (χ0n) is 12.1. The van der Waals surface area contributed by atoms with Crippen molar-refractivity contribution in [1.82, 2.24) is 15.1 Å². The molecule has 0 aliphatic carbocycles. The van der Waals surface area contributed by atoms with Gasteiger partial charge in [-0.1, -0.05) is 17.3 Å². The molecule has 0 amide bonds. The highest BCUT2D eigenvalue weighted by molar-refractivity contribution is 5.85. The van der Waals surface area contributed by atoms with Crippen molar-refractivity contribution in [2.45, 2.75) is 13.5 Å². The summed E-state index contributed by atoms with van der Waals surface area (Å²) >= 11 is 0. The number of ether oxygens (including phenoxy) is 2. The fourth-order valence-corrected chi connectivity index (χ4v) is 2.12. The quantitative estimate of drug-likeness (QED) is 0.734. The van der Waals surface area contributed by atoms with E-state index >= 15 is 0 Å². The first-order valence-corrected chi connectivity index (χ1v) is 6.48. The van der Waals surface area contributed by atoms with Crippen LogP contribution in [0.4, 0.5) is 0 Å². The Bertz CT molecular complexity index is 783. The summed E-state index contributed by atoms with van der Waals surface area (Å²) in [6, 6.07) is 8.00. The average Bonchev–Trinajstić information content (AvgIpc) is 2.94. The van der Waals surface area contributed by atoms with Gasteiger partial charge in [0.25, 0.3) is 5.89 Å². The van der Waals surface area contributed by atoms with Gasteiger partial charge < -0.3 is 14.0 Å². The third-order valence-electron chi connectivity index (χ3n) is 3.11. The van der Waals surface area contributed by atoms with Crippen molar-refractivity contribution < 1.29 is 14.0 Å². The Morgan fingerprint density at radius 3 is 2.76 bits per heavy atom. The van der Waals surface area contributed by atoms with Gasteiger partial charge in [0.2, 0.25) is 11.7 Å². The van der Waals surface area contributed by atoms with Crippen LogP contribution >= 0.6 is 0 Å². The zero-order valence-corrected chi connectivity index (χ0v) is 12.1. The molecule has 0 aliphatic heterocycles. The number of methoxy groups -OCH3 is 2. The van der Waals surface area contributed by atoms with Crippen LogP contribution < -0.4 is 4.74 Å². The monoisotopic (exact) mass is 285 g/mol. The zero-order chi connectivity index (χ0) is 14.8. The second kappa shape index (κ2) is 5.49. The van der Waals surface area contributed by atoms with E-state index in [2.05, 4.69) is 15.1 Å². The second-order valence-corrected chi connectivity index (χ2v) is 4.69. The molecule has 0 aliphatic rings. The largest absolute Gasteiger partial charge is 0.480 e. The molecule has 0 saturated heterocycles. The van der Waals surface area contributed by atoms with Crippen LogP contribution in [0.3, 0.4) is 0 Å². The van der Waals surface area contributed by atoms with Gasteiger partial charge in [0.1, 0.15) is 6.61 Å². The maximum Gasteiger partial charge on any atom is 0.252 e. The summed E-state index contributed by atoms with van der Waals surface area (Å²) in [6.07, 6.45) is 0. The molecule has 0 saturated carbocycles. The van der Waals surface area contributed by atoms with Gasteiger partial charge in [0.15, 0.2) is 0 Å². The lowest BCUT2D eigenvalue weighted by Gasteiger charge is -2.07. The second-order valence-electron chi connectivity index (χ2n) is 4.69. The van der Waals surface area contributed by atoms with Crippen LogP contribution in [0.5, 0.6) is 5.88 Å². The number of hydrogen-bond donors (Lipinski definition) is 0. The SMILES string of the molecule is COCc1nc(-c2cc3ccc(C)cc3nc2OC)no1. The van der Waals surface area contributed by atoms with E-state index in [1.54, 1.807) is 14.2 Å². The highest BCUT2D eigenvalue weighted by atomic mass is 16.5. The van der Waals surface area contributed by atoms with Gasteiger partial charge in [-0.05, 0) is 24.6 Å². The standard InChI is InChI=1S/C15H15N3O3/c1-9-4-5-10-7-11(15(20-3)16-12(10)6-9)14-17-13(8-19-2)21-18-14/h4-7H,8H2,1-3H3. The van der Waals surface area contributed by atoms with Crippen molar-refractivity contribution in [2.24, 2.45) is 0 Å². The van der Waals surface area contributed by atoms with Crippen LogP contribution in [0.1, 0.15) is 11.5 Å². The van der Waals surface area contributed by atoms with Gasteiger partial charge in [0, 0.05) is 12.5 Å². The number of nitrogens with zero attached hydrogens (tertiary/aromatic N) is 3. The first-order chi connectivity index (χ1) is 10.2. The molecule has 2 heterocycles. The number of benzene rings is 1. The molecule has 0 bridgehead atoms. The summed E-state index contributed by atoms with van der Waals surface area (Å²) < 4.78 is 15.4. The van der Waals surface area contributed by atoms with E-state index < -0.39 is 0 Å². The third kappa shape index (κ3) is 2.57. The van der Waals surface area contributed by atoms with Crippen molar-refractivity contribution in [3.8, 4) is 17.3 Å². The molecule has 108 valence electrons. The van der Waals surface area contributed by atoms with Crippen molar-refractivity contribution >= 4 is 10.9 Å². The number of aromatic nitrogens is 3. The Labute approximate surface area is 121 Å². The lowest BCUT2D eigenvalue weighted by molar-refractivity contribution is 0.151. The van der Waals surface area contributed by atoms with Crippen LogP contribution in [0.25, 0.3) is 22.3 Å². The van der Waals surface area contributed by atoms with Crippen LogP contribution in [0.15, 0.2) is 28.8 Å². The van der Waals surface area contributed by atoms with Gasteiger partial charge in [-0.2, -0.15) is 4.98 Å². The Kier molecular flexibility index (Phi) is 3.53. The topological polar surface area (TPSA) is 70.3 Å². The van der Waals surface area contributed by atoms with Gasteiger partial charge >= 0.3 is 0 Å². The number of aryl methyl sites for hydroxylation is 1. The molecule has 0 fully saturated rings. The molecule has 3 rings (SSSR count). The summed E-state index contributed by atoms with van der Waals surface area (Å²) in [6.45, 7) is 2.30.